The minimum Gasteiger partial charge on any atom is -0.380 e. The number of guanidine groups is 1. The molecule has 0 aromatic heterocycles. The monoisotopic (exact) mass is 448 g/mol. The number of rotatable bonds is 6. The normalized spacial score (nSPS) is 11.5. The van der Waals surface area contributed by atoms with Gasteiger partial charge in [-0.25, -0.2) is 0 Å². The minimum atomic E-state index is -0.239. The third-order valence-corrected chi connectivity index (χ3v) is 2.92. The molecule has 0 aliphatic rings. The van der Waals surface area contributed by atoms with E-state index in [2.05, 4.69) is 27.0 Å². The smallest absolute Gasteiger partial charge is 0.239 e. The summed E-state index contributed by atoms with van der Waals surface area (Å²) < 4.78 is 5.13. The predicted molar refractivity (Wildman–Crippen MR) is 109 cm³/mol. The van der Waals surface area contributed by atoms with Crippen molar-refractivity contribution in [2.24, 2.45) is 4.99 Å². The predicted octanol–water partition coefficient (Wildman–Crippen LogP) is 2.03. The molecule has 0 unspecified atom stereocenters. The highest BCUT2D eigenvalue weighted by atomic mass is 127. The first kappa shape index (κ1) is 22.6. The van der Waals surface area contributed by atoms with Crippen LogP contribution in [0.2, 0.25) is 0 Å². The van der Waals surface area contributed by atoms with Crippen molar-refractivity contribution in [3.05, 3.63) is 35.4 Å². The van der Waals surface area contributed by atoms with Crippen LogP contribution in [0.3, 0.4) is 0 Å². The maximum atomic E-state index is 11.8. The van der Waals surface area contributed by atoms with Gasteiger partial charge in [-0.05, 0) is 31.9 Å². The Bertz CT molecular complexity index is 542. The highest BCUT2D eigenvalue weighted by Gasteiger charge is 2.13. The van der Waals surface area contributed by atoms with Crippen molar-refractivity contribution in [1.29, 1.82) is 0 Å². The zero-order valence-electron chi connectivity index (χ0n) is 15.1. The number of nitrogens with zero attached hydrogens (tertiary/aromatic N) is 1. The van der Waals surface area contributed by atoms with E-state index >= 15 is 0 Å². The van der Waals surface area contributed by atoms with Gasteiger partial charge in [0.15, 0.2) is 5.96 Å². The molecular formula is C17H29IN4O2. The van der Waals surface area contributed by atoms with E-state index in [9.17, 15) is 4.79 Å². The summed E-state index contributed by atoms with van der Waals surface area (Å²) in [7, 11) is 3.36. The first-order chi connectivity index (χ1) is 10.8. The molecule has 0 atom stereocenters. The summed E-state index contributed by atoms with van der Waals surface area (Å²) in [6, 6.07) is 8.14. The summed E-state index contributed by atoms with van der Waals surface area (Å²) in [6.45, 7) is 7.24. The highest BCUT2D eigenvalue weighted by Crippen LogP contribution is 2.06. The largest absolute Gasteiger partial charge is 0.380 e. The number of hydrogen-bond acceptors (Lipinski definition) is 3. The van der Waals surface area contributed by atoms with Crippen LogP contribution in [0.15, 0.2) is 29.3 Å². The molecule has 1 aromatic rings. The summed E-state index contributed by atoms with van der Waals surface area (Å²) in [5.41, 5.74) is 2.01. The standard InChI is InChI=1S/C17H28N4O2.HI/c1-17(2,3)21-15(22)11-20-16(18-4)19-10-13-7-6-8-14(9-13)12-23-5;/h6-9H,10-12H2,1-5H3,(H,21,22)(H2,18,19,20);1H. The van der Waals surface area contributed by atoms with E-state index < -0.39 is 0 Å². The van der Waals surface area contributed by atoms with E-state index in [0.29, 0.717) is 19.1 Å². The van der Waals surface area contributed by atoms with E-state index in [0.717, 1.165) is 11.1 Å². The van der Waals surface area contributed by atoms with E-state index in [-0.39, 0.29) is 42.0 Å². The lowest BCUT2D eigenvalue weighted by Crippen LogP contribution is -2.48. The molecule has 6 nitrogen and oxygen atoms in total. The second kappa shape index (κ2) is 11.2. The van der Waals surface area contributed by atoms with Crippen molar-refractivity contribution in [2.75, 3.05) is 20.7 Å². The van der Waals surface area contributed by atoms with Crippen LogP contribution in [0.5, 0.6) is 0 Å². The Hall–Kier alpha value is -1.35. The van der Waals surface area contributed by atoms with Crippen molar-refractivity contribution < 1.29 is 9.53 Å². The average molecular weight is 448 g/mol. The molecule has 0 aliphatic heterocycles. The number of benzene rings is 1. The number of carbonyl (C=O) groups is 1. The Morgan fingerprint density at radius 1 is 1.21 bits per heavy atom. The van der Waals surface area contributed by atoms with Gasteiger partial charge in [-0.15, -0.1) is 24.0 Å². The van der Waals surface area contributed by atoms with Crippen LogP contribution in [0.1, 0.15) is 31.9 Å². The zero-order valence-corrected chi connectivity index (χ0v) is 17.4. The lowest BCUT2D eigenvalue weighted by atomic mass is 10.1. The van der Waals surface area contributed by atoms with Crippen molar-refractivity contribution in [3.63, 3.8) is 0 Å². The molecule has 1 aromatic carbocycles. The number of carbonyl (C=O) groups excluding carboxylic acids is 1. The third-order valence-electron chi connectivity index (χ3n) is 2.92. The number of halogens is 1. The molecule has 0 heterocycles. The topological polar surface area (TPSA) is 74.8 Å². The number of aliphatic imine (C=N–C) groups is 1. The van der Waals surface area contributed by atoms with Crippen molar-refractivity contribution in [2.45, 2.75) is 39.5 Å². The lowest BCUT2D eigenvalue weighted by molar-refractivity contribution is -0.121. The van der Waals surface area contributed by atoms with Gasteiger partial charge in [0.05, 0.1) is 13.2 Å². The first-order valence-corrected chi connectivity index (χ1v) is 7.66. The molecule has 0 radical (unpaired) electrons. The fourth-order valence-electron chi connectivity index (χ4n) is 2.03. The van der Waals surface area contributed by atoms with Gasteiger partial charge in [-0.1, -0.05) is 24.3 Å². The van der Waals surface area contributed by atoms with E-state index in [1.54, 1.807) is 14.2 Å². The Morgan fingerprint density at radius 2 is 1.88 bits per heavy atom. The van der Waals surface area contributed by atoms with Crippen LogP contribution in [-0.2, 0) is 22.7 Å². The molecule has 0 bridgehead atoms. The van der Waals surface area contributed by atoms with Crippen molar-refractivity contribution in [3.8, 4) is 0 Å². The van der Waals surface area contributed by atoms with E-state index in [1.807, 2.05) is 39.0 Å². The van der Waals surface area contributed by atoms with Gasteiger partial charge < -0.3 is 20.7 Å². The lowest BCUT2D eigenvalue weighted by Gasteiger charge is -2.21. The van der Waals surface area contributed by atoms with E-state index in [4.69, 9.17) is 4.74 Å². The quantitative estimate of drug-likeness (QED) is 0.354. The Morgan fingerprint density at radius 3 is 2.46 bits per heavy atom. The van der Waals surface area contributed by atoms with Crippen LogP contribution in [0, 0.1) is 0 Å². The summed E-state index contributed by atoms with van der Waals surface area (Å²) >= 11 is 0. The molecule has 7 heteroatoms. The second-order valence-electron chi connectivity index (χ2n) is 6.33. The van der Waals surface area contributed by atoms with Gasteiger partial charge in [0.1, 0.15) is 0 Å². The SMILES string of the molecule is CN=C(NCC(=O)NC(C)(C)C)NCc1cccc(COC)c1.I. The fourth-order valence-corrected chi connectivity index (χ4v) is 2.03. The molecule has 136 valence electrons. The zero-order chi connectivity index (χ0) is 17.3. The summed E-state index contributed by atoms with van der Waals surface area (Å²) in [6.07, 6.45) is 0. The Labute approximate surface area is 161 Å². The molecule has 0 fully saturated rings. The van der Waals surface area contributed by atoms with Crippen LogP contribution in [0.4, 0.5) is 0 Å². The number of methoxy groups -OCH3 is 1. The van der Waals surface area contributed by atoms with Crippen LogP contribution in [0.25, 0.3) is 0 Å². The van der Waals surface area contributed by atoms with Crippen LogP contribution >= 0.6 is 24.0 Å². The Kier molecular flexibility index (Phi) is 10.6. The number of amides is 1. The van der Waals surface area contributed by atoms with E-state index in [1.165, 1.54) is 0 Å². The van der Waals surface area contributed by atoms with Gasteiger partial charge >= 0.3 is 0 Å². The summed E-state index contributed by atoms with van der Waals surface area (Å²) in [5.74, 6) is 0.522. The van der Waals surface area contributed by atoms with Gasteiger partial charge in [0, 0.05) is 26.2 Å². The molecular weight excluding hydrogens is 419 g/mol. The first-order valence-electron chi connectivity index (χ1n) is 7.66. The molecule has 1 amide bonds. The van der Waals surface area contributed by atoms with Crippen molar-refractivity contribution >= 4 is 35.8 Å². The third kappa shape index (κ3) is 9.71. The van der Waals surface area contributed by atoms with Crippen molar-refractivity contribution in [1.82, 2.24) is 16.0 Å². The molecule has 1 rings (SSSR count). The molecule has 24 heavy (non-hydrogen) atoms. The van der Waals surface area contributed by atoms with Gasteiger partial charge in [-0.2, -0.15) is 0 Å². The van der Waals surface area contributed by atoms with Gasteiger partial charge in [0.2, 0.25) is 5.91 Å². The molecule has 0 saturated heterocycles. The average Bonchev–Trinajstić information content (AvgIpc) is 2.46. The summed E-state index contributed by atoms with van der Waals surface area (Å²) in [4.78, 5) is 15.9. The molecule has 0 aliphatic carbocycles. The second-order valence-corrected chi connectivity index (χ2v) is 6.33. The van der Waals surface area contributed by atoms with Crippen LogP contribution in [-0.4, -0.2) is 38.1 Å². The maximum absolute atomic E-state index is 11.8. The molecule has 0 saturated carbocycles. The van der Waals surface area contributed by atoms with Gasteiger partial charge in [-0.3, -0.25) is 9.79 Å². The van der Waals surface area contributed by atoms with Crippen LogP contribution < -0.4 is 16.0 Å². The summed E-state index contributed by atoms with van der Waals surface area (Å²) in [5, 5.41) is 9.09. The minimum absolute atomic E-state index is 0. The number of nitrogens with one attached hydrogen (secondary N) is 3. The highest BCUT2D eigenvalue weighted by molar-refractivity contribution is 14.0. The number of ether oxygens (including phenoxy) is 1. The molecule has 0 spiro atoms. The number of hydrogen-bond donors (Lipinski definition) is 3. The van der Waals surface area contributed by atoms with Gasteiger partial charge in [0.25, 0.3) is 0 Å². The maximum Gasteiger partial charge on any atom is 0.239 e. The molecule has 3 N–H and O–H groups in total. The Balaban J connectivity index is 0.00000529. The fraction of sp³-hybridized carbons (Fsp3) is 0.529.